The Morgan fingerprint density at radius 2 is 2.20 bits per heavy atom. The van der Waals surface area contributed by atoms with Crippen molar-refractivity contribution in [1.82, 2.24) is 9.97 Å². The van der Waals surface area contributed by atoms with E-state index in [1.165, 1.54) is 16.6 Å². The Kier molecular flexibility index (Phi) is 4.14. The van der Waals surface area contributed by atoms with Crippen molar-refractivity contribution >= 4 is 28.8 Å². The summed E-state index contributed by atoms with van der Waals surface area (Å²) in [5, 5.41) is 16.7. The average molecular weight is 293 g/mol. The standard InChI is InChI=1S/C12H15N5O2S/c1-7-4-9(20-8(7)2)5-14-11-10(17(18)19)6-15-12(13-3)16-11/h4,6H,5H2,1-3H3,(H2,13,14,15,16). The molecule has 2 rings (SSSR count). The van der Waals surface area contributed by atoms with Crippen molar-refractivity contribution in [1.29, 1.82) is 0 Å². The van der Waals surface area contributed by atoms with E-state index in [-0.39, 0.29) is 11.5 Å². The number of hydrogen-bond acceptors (Lipinski definition) is 7. The van der Waals surface area contributed by atoms with Gasteiger partial charge in [0.1, 0.15) is 6.20 Å². The summed E-state index contributed by atoms with van der Waals surface area (Å²) in [6.07, 6.45) is 1.20. The lowest BCUT2D eigenvalue weighted by atomic mass is 10.3. The van der Waals surface area contributed by atoms with Crippen molar-refractivity contribution < 1.29 is 4.92 Å². The Morgan fingerprint density at radius 1 is 1.45 bits per heavy atom. The van der Waals surface area contributed by atoms with Gasteiger partial charge in [-0.25, -0.2) is 4.98 Å². The predicted molar refractivity (Wildman–Crippen MR) is 79.4 cm³/mol. The lowest BCUT2D eigenvalue weighted by molar-refractivity contribution is -0.384. The lowest BCUT2D eigenvalue weighted by Crippen LogP contribution is -2.07. The number of rotatable bonds is 5. The van der Waals surface area contributed by atoms with Crippen LogP contribution in [0.15, 0.2) is 12.3 Å². The minimum Gasteiger partial charge on any atom is -0.359 e. The van der Waals surface area contributed by atoms with Gasteiger partial charge in [0.05, 0.1) is 11.5 Å². The number of nitrogens with one attached hydrogen (secondary N) is 2. The zero-order valence-electron chi connectivity index (χ0n) is 11.4. The van der Waals surface area contributed by atoms with Crippen LogP contribution in [0, 0.1) is 24.0 Å². The largest absolute Gasteiger partial charge is 0.359 e. The van der Waals surface area contributed by atoms with Crippen molar-refractivity contribution in [2.75, 3.05) is 17.7 Å². The van der Waals surface area contributed by atoms with Crippen molar-refractivity contribution in [2.45, 2.75) is 20.4 Å². The van der Waals surface area contributed by atoms with Crippen LogP contribution in [0.2, 0.25) is 0 Å². The van der Waals surface area contributed by atoms with Crippen LogP contribution in [0.25, 0.3) is 0 Å². The smallest absolute Gasteiger partial charge is 0.329 e. The Morgan fingerprint density at radius 3 is 2.75 bits per heavy atom. The van der Waals surface area contributed by atoms with E-state index in [9.17, 15) is 10.1 Å². The molecule has 0 atom stereocenters. The molecular weight excluding hydrogens is 278 g/mol. The van der Waals surface area contributed by atoms with Gasteiger partial charge in [0.25, 0.3) is 0 Å². The maximum Gasteiger partial charge on any atom is 0.329 e. The van der Waals surface area contributed by atoms with Gasteiger partial charge in [-0.15, -0.1) is 11.3 Å². The van der Waals surface area contributed by atoms with Crippen molar-refractivity contribution in [3.05, 3.63) is 37.7 Å². The van der Waals surface area contributed by atoms with Crippen LogP contribution in [0.3, 0.4) is 0 Å². The third kappa shape index (κ3) is 3.02. The predicted octanol–water partition coefficient (Wildman–Crippen LogP) is 2.72. The van der Waals surface area contributed by atoms with E-state index in [1.54, 1.807) is 18.4 Å². The van der Waals surface area contributed by atoms with Gasteiger partial charge in [0, 0.05) is 16.8 Å². The molecule has 0 aliphatic carbocycles. The number of aryl methyl sites for hydroxylation is 2. The molecule has 0 saturated carbocycles. The number of aromatic nitrogens is 2. The molecule has 0 unspecified atom stereocenters. The van der Waals surface area contributed by atoms with E-state index < -0.39 is 4.92 Å². The van der Waals surface area contributed by atoms with E-state index in [1.807, 2.05) is 6.92 Å². The molecule has 20 heavy (non-hydrogen) atoms. The molecule has 8 heteroatoms. The van der Waals surface area contributed by atoms with Gasteiger partial charge >= 0.3 is 5.69 Å². The van der Waals surface area contributed by atoms with E-state index in [4.69, 9.17) is 0 Å². The first-order chi connectivity index (χ1) is 9.51. The zero-order valence-corrected chi connectivity index (χ0v) is 12.2. The lowest BCUT2D eigenvalue weighted by Gasteiger charge is -2.06. The summed E-state index contributed by atoms with van der Waals surface area (Å²) in [6.45, 7) is 4.59. The quantitative estimate of drug-likeness (QED) is 0.650. The molecule has 0 aliphatic heterocycles. The second-order valence-electron chi connectivity index (χ2n) is 4.24. The molecule has 0 spiro atoms. The number of nitro groups is 1. The van der Waals surface area contributed by atoms with E-state index in [2.05, 4.69) is 33.6 Å². The average Bonchev–Trinajstić information content (AvgIpc) is 2.75. The molecule has 0 aromatic carbocycles. The van der Waals surface area contributed by atoms with Gasteiger partial charge in [0.2, 0.25) is 11.8 Å². The van der Waals surface area contributed by atoms with Crippen LogP contribution in [0.1, 0.15) is 15.3 Å². The highest BCUT2D eigenvalue weighted by Crippen LogP contribution is 2.25. The van der Waals surface area contributed by atoms with Gasteiger partial charge in [-0.1, -0.05) is 0 Å². The molecular formula is C12H15N5O2S. The van der Waals surface area contributed by atoms with Crippen LogP contribution in [0.4, 0.5) is 17.5 Å². The summed E-state index contributed by atoms with van der Waals surface area (Å²) in [5.41, 5.74) is 1.09. The molecule has 2 aromatic heterocycles. The maximum atomic E-state index is 11.0. The molecule has 2 aromatic rings. The van der Waals surface area contributed by atoms with E-state index in [0.29, 0.717) is 12.5 Å². The number of hydrogen-bond donors (Lipinski definition) is 2. The highest BCUT2D eigenvalue weighted by molar-refractivity contribution is 7.12. The maximum absolute atomic E-state index is 11.0. The van der Waals surface area contributed by atoms with Crippen molar-refractivity contribution in [3.8, 4) is 0 Å². The third-order valence-electron chi connectivity index (χ3n) is 2.84. The van der Waals surface area contributed by atoms with Crippen LogP contribution in [0.5, 0.6) is 0 Å². The summed E-state index contributed by atoms with van der Waals surface area (Å²) in [4.78, 5) is 20.8. The topological polar surface area (TPSA) is 93.0 Å². The molecule has 0 aliphatic rings. The second-order valence-corrected chi connectivity index (χ2v) is 5.58. The van der Waals surface area contributed by atoms with Gasteiger partial charge < -0.3 is 10.6 Å². The molecule has 7 nitrogen and oxygen atoms in total. The fraction of sp³-hybridized carbons (Fsp3) is 0.333. The fourth-order valence-electron chi connectivity index (χ4n) is 1.67. The Labute approximate surface area is 120 Å². The SMILES string of the molecule is CNc1ncc([N+](=O)[O-])c(NCc2cc(C)c(C)s2)n1. The van der Waals surface area contributed by atoms with Gasteiger partial charge in [0.15, 0.2) is 0 Å². The number of thiophene rings is 1. The van der Waals surface area contributed by atoms with Gasteiger partial charge in [-0.2, -0.15) is 4.98 Å². The minimum absolute atomic E-state index is 0.131. The highest BCUT2D eigenvalue weighted by Gasteiger charge is 2.17. The molecule has 0 fully saturated rings. The molecule has 0 amide bonds. The Balaban J connectivity index is 2.20. The summed E-state index contributed by atoms with van der Waals surface area (Å²) < 4.78 is 0. The monoisotopic (exact) mass is 293 g/mol. The first-order valence-electron chi connectivity index (χ1n) is 6.00. The zero-order chi connectivity index (χ0) is 14.7. The molecule has 2 heterocycles. The van der Waals surface area contributed by atoms with Crippen LogP contribution < -0.4 is 10.6 Å². The highest BCUT2D eigenvalue weighted by atomic mass is 32.1. The number of anilines is 2. The van der Waals surface area contributed by atoms with Crippen LogP contribution in [-0.2, 0) is 6.54 Å². The van der Waals surface area contributed by atoms with E-state index >= 15 is 0 Å². The van der Waals surface area contributed by atoms with Crippen molar-refractivity contribution in [3.63, 3.8) is 0 Å². The molecule has 2 N–H and O–H groups in total. The van der Waals surface area contributed by atoms with Crippen LogP contribution in [-0.4, -0.2) is 21.9 Å². The minimum atomic E-state index is -0.493. The fourth-order valence-corrected chi connectivity index (χ4v) is 2.66. The summed E-state index contributed by atoms with van der Waals surface area (Å²) >= 11 is 1.67. The summed E-state index contributed by atoms with van der Waals surface area (Å²) in [7, 11) is 1.66. The molecule has 0 radical (unpaired) electrons. The third-order valence-corrected chi connectivity index (χ3v) is 3.99. The molecule has 0 saturated heterocycles. The summed E-state index contributed by atoms with van der Waals surface area (Å²) in [5.74, 6) is 0.565. The second kappa shape index (κ2) is 5.83. The van der Waals surface area contributed by atoms with Gasteiger partial charge in [-0.05, 0) is 25.5 Å². The van der Waals surface area contributed by atoms with Gasteiger partial charge in [-0.3, -0.25) is 10.1 Å². The normalized spacial score (nSPS) is 10.3. The first kappa shape index (κ1) is 14.2. The van der Waals surface area contributed by atoms with Crippen molar-refractivity contribution in [2.24, 2.45) is 0 Å². The Bertz CT molecular complexity index is 621. The molecule has 106 valence electrons. The number of nitrogens with zero attached hydrogens (tertiary/aromatic N) is 3. The molecule has 0 bridgehead atoms. The summed E-state index contributed by atoms with van der Waals surface area (Å²) in [6, 6.07) is 2.07. The van der Waals surface area contributed by atoms with Crippen LogP contribution >= 0.6 is 11.3 Å². The first-order valence-corrected chi connectivity index (χ1v) is 6.82. The Hall–Kier alpha value is -2.22. The van der Waals surface area contributed by atoms with E-state index in [0.717, 1.165) is 4.88 Å².